The summed E-state index contributed by atoms with van der Waals surface area (Å²) < 4.78 is 22.6. The standard InChI is InChI=1S/C12H12N2O4S2/c1-20(17,18)10-4-2-8(3-5-10)13-12-14-9(7-19-12)6-11(15)16/h2-5,7H,6H2,1H3,(H,13,14)(H,15,16). The third-order valence-corrected chi connectivity index (χ3v) is 4.35. The molecule has 0 amide bonds. The molecule has 0 radical (unpaired) electrons. The maximum atomic E-state index is 11.3. The third-order valence-electron chi connectivity index (χ3n) is 2.42. The van der Waals surface area contributed by atoms with Crippen molar-refractivity contribution in [1.82, 2.24) is 4.98 Å². The average Bonchev–Trinajstić information content (AvgIpc) is 2.75. The van der Waals surface area contributed by atoms with Crippen LogP contribution in [0.3, 0.4) is 0 Å². The Morgan fingerprint density at radius 1 is 1.35 bits per heavy atom. The van der Waals surface area contributed by atoms with E-state index < -0.39 is 15.8 Å². The summed E-state index contributed by atoms with van der Waals surface area (Å²) in [6.07, 6.45) is 1.03. The van der Waals surface area contributed by atoms with Crippen LogP contribution in [0, 0.1) is 0 Å². The predicted molar refractivity (Wildman–Crippen MR) is 76.3 cm³/mol. The summed E-state index contributed by atoms with van der Waals surface area (Å²) in [7, 11) is -3.21. The van der Waals surface area contributed by atoms with Crippen LogP contribution in [0.15, 0.2) is 34.5 Å². The van der Waals surface area contributed by atoms with Gasteiger partial charge in [-0.2, -0.15) is 0 Å². The van der Waals surface area contributed by atoms with Crippen molar-refractivity contribution in [2.24, 2.45) is 0 Å². The number of hydrogen-bond donors (Lipinski definition) is 2. The van der Waals surface area contributed by atoms with Gasteiger partial charge in [0.15, 0.2) is 15.0 Å². The topological polar surface area (TPSA) is 96.4 Å². The Balaban J connectivity index is 2.10. The third kappa shape index (κ3) is 3.78. The van der Waals surface area contributed by atoms with Gasteiger partial charge in [-0.3, -0.25) is 4.79 Å². The minimum absolute atomic E-state index is 0.120. The first kappa shape index (κ1) is 14.5. The minimum Gasteiger partial charge on any atom is -0.481 e. The van der Waals surface area contributed by atoms with Gasteiger partial charge in [0.25, 0.3) is 0 Å². The van der Waals surface area contributed by atoms with Crippen LogP contribution in [0.4, 0.5) is 10.8 Å². The number of nitrogens with one attached hydrogen (secondary N) is 1. The van der Waals surface area contributed by atoms with Crippen LogP contribution >= 0.6 is 11.3 Å². The van der Waals surface area contributed by atoms with Crippen LogP contribution in [0.5, 0.6) is 0 Å². The molecule has 0 spiro atoms. The zero-order valence-electron chi connectivity index (χ0n) is 10.5. The molecule has 0 aliphatic heterocycles. The van der Waals surface area contributed by atoms with Crippen LogP contribution in [-0.2, 0) is 21.1 Å². The number of sulfone groups is 1. The molecule has 0 atom stereocenters. The highest BCUT2D eigenvalue weighted by Gasteiger charge is 2.08. The van der Waals surface area contributed by atoms with E-state index in [4.69, 9.17) is 5.11 Å². The Labute approximate surface area is 120 Å². The molecule has 1 aromatic heterocycles. The lowest BCUT2D eigenvalue weighted by Gasteiger charge is -2.03. The van der Waals surface area contributed by atoms with Crippen molar-refractivity contribution in [3.8, 4) is 0 Å². The fraction of sp³-hybridized carbons (Fsp3) is 0.167. The molecule has 0 fully saturated rings. The fourth-order valence-electron chi connectivity index (χ4n) is 1.51. The highest BCUT2D eigenvalue weighted by Crippen LogP contribution is 2.22. The van der Waals surface area contributed by atoms with Crippen molar-refractivity contribution in [3.05, 3.63) is 35.3 Å². The summed E-state index contributed by atoms with van der Waals surface area (Å²) in [6, 6.07) is 6.27. The van der Waals surface area contributed by atoms with E-state index in [0.29, 0.717) is 16.5 Å². The largest absolute Gasteiger partial charge is 0.481 e. The average molecular weight is 312 g/mol. The second-order valence-electron chi connectivity index (χ2n) is 4.14. The van der Waals surface area contributed by atoms with Crippen molar-refractivity contribution >= 4 is 38.0 Å². The number of anilines is 2. The van der Waals surface area contributed by atoms with Gasteiger partial charge in [0.1, 0.15) is 0 Å². The van der Waals surface area contributed by atoms with Crippen molar-refractivity contribution in [2.75, 3.05) is 11.6 Å². The summed E-state index contributed by atoms with van der Waals surface area (Å²) in [5.41, 5.74) is 1.17. The van der Waals surface area contributed by atoms with Crippen molar-refractivity contribution in [1.29, 1.82) is 0 Å². The molecule has 2 aromatic rings. The van der Waals surface area contributed by atoms with E-state index >= 15 is 0 Å². The number of thiazole rings is 1. The molecular weight excluding hydrogens is 300 g/mol. The van der Waals surface area contributed by atoms with E-state index in [1.54, 1.807) is 17.5 Å². The van der Waals surface area contributed by atoms with Gasteiger partial charge >= 0.3 is 5.97 Å². The fourth-order valence-corrected chi connectivity index (χ4v) is 2.87. The number of carboxylic acid groups (broad SMARTS) is 1. The second kappa shape index (κ2) is 5.59. The highest BCUT2D eigenvalue weighted by molar-refractivity contribution is 7.90. The van der Waals surface area contributed by atoms with E-state index in [1.807, 2.05) is 0 Å². The summed E-state index contributed by atoms with van der Waals surface area (Å²) in [5, 5.41) is 13.9. The Morgan fingerprint density at radius 3 is 2.55 bits per heavy atom. The smallest absolute Gasteiger partial charge is 0.309 e. The molecule has 1 heterocycles. The molecule has 0 aliphatic rings. The van der Waals surface area contributed by atoms with Gasteiger partial charge in [-0.15, -0.1) is 11.3 Å². The van der Waals surface area contributed by atoms with Crippen LogP contribution in [0.2, 0.25) is 0 Å². The predicted octanol–water partition coefficient (Wildman–Crippen LogP) is 1.92. The molecule has 8 heteroatoms. The van der Waals surface area contributed by atoms with E-state index in [9.17, 15) is 13.2 Å². The lowest BCUT2D eigenvalue weighted by atomic mass is 10.3. The molecule has 0 saturated heterocycles. The molecule has 2 rings (SSSR count). The minimum atomic E-state index is -3.21. The molecule has 0 unspecified atom stereocenters. The molecular formula is C12H12N2O4S2. The lowest BCUT2D eigenvalue weighted by Crippen LogP contribution is -2.00. The van der Waals surface area contributed by atoms with Gasteiger partial charge in [-0.1, -0.05) is 0 Å². The second-order valence-corrected chi connectivity index (χ2v) is 7.01. The lowest BCUT2D eigenvalue weighted by molar-refractivity contribution is -0.136. The Bertz CT molecular complexity index is 720. The van der Waals surface area contributed by atoms with Gasteiger partial charge in [-0.05, 0) is 24.3 Å². The molecule has 0 aliphatic carbocycles. The van der Waals surface area contributed by atoms with Gasteiger partial charge < -0.3 is 10.4 Å². The van der Waals surface area contributed by atoms with Gasteiger partial charge in [0.2, 0.25) is 0 Å². The van der Waals surface area contributed by atoms with Crippen LogP contribution in [-0.4, -0.2) is 30.7 Å². The molecule has 1 aromatic carbocycles. The summed E-state index contributed by atoms with van der Waals surface area (Å²) in [6.45, 7) is 0. The van der Waals surface area contributed by atoms with Crippen molar-refractivity contribution in [2.45, 2.75) is 11.3 Å². The summed E-state index contributed by atoms with van der Waals surface area (Å²) in [4.78, 5) is 14.9. The zero-order chi connectivity index (χ0) is 14.8. The number of benzene rings is 1. The number of nitrogens with zero attached hydrogens (tertiary/aromatic N) is 1. The first-order valence-electron chi connectivity index (χ1n) is 5.58. The first-order valence-corrected chi connectivity index (χ1v) is 8.35. The normalized spacial score (nSPS) is 11.2. The molecule has 0 saturated carbocycles. The van der Waals surface area contributed by atoms with Gasteiger partial charge in [-0.25, -0.2) is 13.4 Å². The van der Waals surface area contributed by atoms with Gasteiger partial charge in [0, 0.05) is 17.3 Å². The number of rotatable bonds is 5. The number of carbonyl (C=O) groups is 1. The van der Waals surface area contributed by atoms with Crippen LogP contribution in [0.1, 0.15) is 5.69 Å². The quantitative estimate of drug-likeness (QED) is 0.875. The Kier molecular flexibility index (Phi) is 4.05. The van der Waals surface area contributed by atoms with Crippen LogP contribution in [0.25, 0.3) is 0 Å². The number of aromatic nitrogens is 1. The van der Waals surface area contributed by atoms with Crippen molar-refractivity contribution < 1.29 is 18.3 Å². The van der Waals surface area contributed by atoms with Crippen LogP contribution < -0.4 is 5.32 Å². The number of hydrogen-bond acceptors (Lipinski definition) is 6. The maximum Gasteiger partial charge on any atom is 0.309 e. The molecule has 0 bridgehead atoms. The van der Waals surface area contributed by atoms with Gasteiger partial charge in [0.05, 0.1) is 17.0 Å². The highest BCUT2D eigenvalue weighted by atomic mass is 32.2. The molecule has 20 heavy (non-hydrogen) atoms. The van der Waals surface area contributed by atoms with Crippen molar-refractivity contribution in [3.63, 3.8) is 0 Å². The maximum absolute atomic E-state index is 11.3. The molecule has 6 nitrogen and oxygen atoms in total. The number of aliphatic carboxylic acids is 1. The molecule has 106 valence electrons. The Morgan fingerprint density at radius 2 is 2.00 bits per heavy atom. The van der Waals surface area contributed by atoms with E-state index in [2.05, 4.69) is 10.3 Å². The monoisotopic (exact) mass is 312 g/mol. The Hall–Kier alpha value is -1.93. The van der Waals surface area contributed by atoms with E-state index in [1.165, 1.54) is 23.5 Å². The zero-order valence-corrected chi connectivity index (χ0v) is 12.2. The molecule has 2 N–H and O–H groups in total. The SMILES string of the molecule is CS(=O)(=O)c1ccc(Nc2nc(CC(=O)O)cs2)cc1. The summed E-state index contributed by atoms with van der Waals surface area (Å²) in [5.74, 6) is -0.931. The van der Waals surface area contributed by atoms with E-state index in [0.717, 1.165) is 6.26 Å². The first-order chi connectivity index (χ1) is 9.34. The summed E-state index contributed by atoms with van der Waals surface area (Å²) >= 11 is 1.29. The van der Waals surface area contributed by atoms with E-state index in [-0.39, 0.29) is 11.3 Å². The number of carboxylic acids is 1.